The zero-order valence-corrected chi connectivity index (χ0v) is 15.0. The Kier molecular flexibility index (Phi) is 5.76. The fourth-order valence-corrected chi connectivity index (χ4v) is 3.02. The zero-order chi connectivity index (χ0) is 19.2. The molecule has 6 nitrogen and oxygen atoms in total. The highest BCUT2D eigenvalue weighted by Gasteiger charge is 2.10. The molecule has 1 amide bonds. The molecule has 3 aromatic rings. The van der Waals surface area contributed by atoms with Gasteiger partial charge in [-0.15, -0.1) is 0 Å². The zero-order valence-electron chi connectivity index (χ0n) is 15.0. The van der Waals surface area contributed by atoms with Crippen LogP contribution in [0.2, 0.25) is 0 Å². The molecule has 5 N–H and O–H groups in total. The van der Waals surface area contributed by atoms with Crippen molar-refractivity contribution in [2.75, 3.05) is 12.3 Å². The Morgan fingerprint density at radius 1 is 1.07 bits per heavy atom. The molecule has 0 bridgehead atoms. The summed E-state index contributed by atoms with van der Waals surface area (Å²) in [4.78, 5) is 27.1. The normalized spacial score (nSPS) is 10.8. The molecule has 27 heavy (non-hydrogen) atoms. The van der Waals surface area contributed by atoms with Crippen LogP contribution in [-0.4, -0.2) is 28.3 Å². The van der Waals surface area contributed by atoms with Gasteiger partial charge in [-0.1, -0.05) is 12.1 Å². The van der Waals surface area contributed by atoms with Gasteiger partial charge in [-0.2, -0.15) is 0 Å². The summed E-state index contributed by atoms with van der Waals surface area (Å²) in [5.41, 5.74) is 9.58. The van der Waals surface area contributed by atoms with Crippen LogP contribution in [0.4, 0.5) is 5.69 Å². The van der Waals surface area contributed by atoms with Gasteiger partial charge in [-0.05, 0) is 54.3 Å². The standard InChI is InChI=1S/C21H23N3O3/c22-16-4-8-20-19(11-16)15(13-24-20)9-10-23-21(27)12-18(26)7-3-14-1-5-17(25)6-2-14/h1-2,4-6,8,11,13,24-25H,3,7,9-10,12,22H2,(H,23,27). The highest BCUT2D eigenvalue weighted by Crippen LogP contribution is 2.21. The smallest absolute Gasteiger partial charge is 0.227 e. The largest absolute Gasteiger partial charge is 0.508 e. The molecule has 2 aromatic carbocycles. The summed E-state index contributed by atoms with van der Waals surface area (Å²) in [6, 6.07) is 12.4. The van der Waals surface area contributed by atoms with Crippen LogP contribution in [0.1, 0.15) is 24.0 Å². The van der Waals surface area contributed by atoms with E-state index in [9.17, 15) is 14.7 Å². The number of nitrogens with two attached hydrogens (primary N) is 1. The number of phenolic OH excluding ortho intramolecular Hbond substituents is 1. The maximum absolute atomic E-state index is 12.0. The molecule has 0 saturated carbocycles. The Bertz CT molecular complexity index is 945. The number of aryl methyl sites for hydroxylation is 1. The van der Waals surface area contributed by atoms with Crippen LogP contribution in [0.5, 0.6) is 5.75 Å². The van der Waals surface area contributed by atoms with Crippen LogP contribution in [0, 0.1) is 0 Å². The number of anilines is 1. The van der Waals surface area contributed by atoms with Crippen LogP contribution in [0.25, 0.3) is 10.9 Å². The number of aromatic nitrogens is 1. The number of aromatic amines is 1. The number of nitrogens with one attached hydrogen (secondary N) is 2. The number of hydrogen-bond donors (Lipinski definition) is 4. The van der Waals surface area contributed by atoms with Crippen molar-refractivity contribution in [2.45, 2.75) is 25.7 Å². The predicted octanol–water partition coefficient (Wildman–Crippen LogP) is 2.71. The van der Waals surface area contributed by atoms with Crippen LogP contribution in [0.3, 0.4) is 0 Å². The van der Waals surface area contributed by atoms with Gasteiger partial charge in [0.25, 0.3) is 0 Å². The van der Waals surface area contributed by atoms with Crippen molar-refractivity contribution in [1.82, 2.24) is 10.3 Å². The van der Waals surface area contributed by atoms with Crippen LogP contribution >= 0.6 is 0 Å². The van der Waals surface area contributed by atoms with E-state index in [1.54, 1.807) is 24.3 Å². The maximum Gasteiger partial charge on any atom is 0.227 e. The highest BCUT2D eigenvalue weighted by atomic mass is 16.3. The van der Waals surface area contributed by atoms with Gasteiger partial charge in [0.1, 0.15) is 11.5 Å². The van der Waals surface area contributed by atoms with Gasteiger partial charge in [-0.25, -0.2) is 0 Å². The lowest BCUT2D eigenvalue weighted by Gasteiger charge is -2.05. The molecular formula is C21H23N3O3. The minimum atomic E-state index is -0.259. The quantitative estimate of drug-likeness (QED) is 0.363. The third-order valence-electron chi connectivity index (χ3n) is 4.49. The van der Waals surface area contributed by atoms with Crippen molar-refractivity contribution < 1.29 is 14.7 Å². The summed E-state index contributed by atoms with van der Waals surface area (Å²) in [5, 5.41) is 13.1. The minimum Gasteiger partial charge on any atom is -0.508 e. The molecule has 3 rings (SSSR count). The van der Waals surface area contributed by atoms with Crippen molar-refractivity contribution >= 4 is 28.3 Å². The van der Waals surface area contributed by atoms with Crippen LogP contribution in [-0.2, 0) is 22.4 Å². The van der Waals surface area contributed by atoms with E-state index in [2.05, 4.69) is 10.3 Å². The second-order valence-corrected chi connectivity index (χ2v) is 6.60. The molecule has 0 atom stereocenters. The summed E-state index contributed by atoms with van der Waals surface area (Å²) in [7, 11) is 0. The van der Waals surface area contributed by atoms with Gasteiger partial charge in [0, 0.05) is 35.8 Å². The average Bonchev–Trinajstić information content (AvgIpc) is 3.03. The fourth-order valence-electron chi connectivity index (χ4n) is 3.02. The number of carbonyl (C=O) groups is 2. The van der Waals surface area contributed by atoms with Gasteiger partial charge in [0.15, 0.2) is 0 Å². The molecule has 1 heterocycles. The van der Waals surface area contributed by atoms with E-state index in [1.165, 1.54) is 0 Å². The Labute approximate surface area is 157 Å². The summed E-state index contributed by atoms with van der Waals surface area (Å²) >= 11 is 0. The number of ketones is 1. The molecule has 0 aliphatic rings. The average molecular weight is 365 g/mol. The van der Waals surface area contributed by atoms with E-state index >= 15 is 0 Å². The number of H-pyrrole nitrogens is 1. The first kappa shape index (κ1) is 18.5. The van der Waals surface area contributed by atoms with E-state index < -0.39 is 0 Å². The summed E-state index contributed by atoms with van der Waals surface area (Å²) in [6.07, 6.45) is 3.33. The first-order valence-electron chi connectivity index (χ1n) is 8.93. The molecule has 0 aliphatic heterocycles. The third-order valence-corrected chi connectivity index (χ3v) is 4.49. The molecule has 0 radical (unpaired) electrons. The first-order chi connectivity index (χ1) is 13.0. The van der Waals surface area contributed by atoms with Crippen molar-refractivity contribution in [2.24, 2.45) is 0 Å². The third kappa shape index (κ3) is 5.10. The Morgan fingerprint density at radius 2 is 1.85 bits per heavy atom. The number of Topliss-reactive ketones (excluding diaryl/α,β-unsaturated/α-hetero) is 1. The van der Waals surface area contributed by atoms with Gasteiger partial charge in [-0.3, -0.25) is 9.59 Å². The first-order valence-corrected chi connectivity index (χ1v) is 8.93. The second-order valence-electron chi connectivity index (χ2n) is 6.60. The second kappa shape index (κ2) is 8.40. The van der Waals surface area contributed by atoms with Crippen LogP contribution in [0.15, 0.2) is 48.7 Å². The number of phenols is 1. The summed E-state index contributed by atoms with van der Waals surface area (Å²) in [6.45, 7) is 0.464. The number of amides is 1. The fraction of sp³-hybridized carbons (Fsp3) is 0.238. The number of aromatic hydroxyl groups is 1. The highest BCUT2D eigenvalue weighted by molar-refractivity contribution is 5.98. The molecule has 0 spiro atoms. The van der Waals surface area contributed by atoms with Gasteiger partial charge in [0.2, 0.25) is 5.91 Å². The Hall–Kier alpha value is -3.28. The van der Waals surface area contributed by atoms with Gasteiger partial charge < -0.3 is 21.1 Å². The van der Waals surface area contributed by atoms with E-state index in [0.717, 1.165) is 22.0 Å². The van der Waals surface area contributed by atoms with E-state index in [4.69, 9.17) is 5.73 Å². The number of fused-ring (bicyclic) bond motifs is 1. The maximum atomic E-state index is 12.0. The van der Waals surface area contributed by atoms with Crippen molar-refractivity contribution in [1.29, 1.82) is 0 Å². The van der Waals surface area contributed by atoms with E-state index in [0.29, 0.717) is 31.5 Å². The van der Waals surface area contributed by atoms with Crippen molar-refractivity contribution in [3.05, 3.63) is 59.8 Å². The monoisotopic (exact) mass is 365 g/mol. The molecular weight excluding hydrogens is 342 g/mol. The molecule has 0 aliphatic carbocycles. The number of benzene rings is 2. The molecule has 0 saturated heterocycles. The molecule has 0 fully saturated rings. The van der Waals surface area contributed by atoms with Gasteiger partial charge in [0.05, 0.1) is 6.42 Å². The minimum absolute atomic E-state index is 0.0968. The Morgan fingerprint density at radius 3 is 2.63 bits per heavy atom. The summed E-state index contributed by atoms with van der Waals surface area (Å²) < 4.78 is 0. The summed E-state index contributed by atoms with van der Waals surface area (Å²) in [5.74, 6) is -0.159. The lowest BCUT2D eigenvalue weighted by atomic mass is 10.1. The van der Waals surface area contributed by atoms with E-state index in [-0.39, 0.29) is 23.9 Å². The molecule has 6 heteroatoms. The number of nitrogen functional groups attached to an aromatic ring is 1. The van der Waals surface area contributed by atoms with Gasteiger partial charge >= 0.3 is 0 Å². The predicted molar refractivity (Wildman–Crippen MR) is 105 cm³/mol. The number of rotatable bonds is 8. The number of hydrogen-bond acceptors (Lipinski definition) is 4. The lowest BCUT2D eigenvalue weighted by molar-refractivity contribution is -0.128. The molecule has 1 aromatic heterocycles. The number of carbonyl (C=O) groups excluding carboxylic acids is 2. The van der Waals surface area contributed by atoms with Crippen LogP contribution < -0.4 is 11.1 Å². The van der Waals surface area contributed by atoms with Crippen molar-refractivity contribution in [3.63, 3.8) is 0 Å². The Balaban J connectivity index is 1.41. The molecule has 0 unspecified atom stereocenters. The topological polar surface area (TPSA) is 108 Å². The van der Waals surface area contributed by atoms with Crippen molar-refractivity contribution in [3.8, 4) is 5.75 Å². The lowest BCUT2D eigenvalue weighted by Crippen LogP contribution is -2.27. The SMILES string of the molecule is Nc1ccc2[nH]cc(CCNC(=O)CC(=O)CCc3ccc(O)cc3)c2c1. The van der Waals surface area contributed by atoms with E-state index in [1.807, 2.05) is 24.4 Å². The molecule has 140 valence electrons.